The molecule has 0 aromatic heterocycles. The molecule has 2 aromatic rings. The van der Waals surface area contributed by atoms with Gasteiger partial charge in [0, 0.05) is 29.0 Å². The molecule has 1 aliphatic carbocycles. The summed E-state index contributed by atoms with van der Waals surface area (Å²) in [6.07, 6.45) is 7.76. The zero-order valence-electron chi connectivity index (χ0n) is 18.3. The highest BCUT2D eigenvalue weighted by molar-refractivity contribution is 5.98. The van der Waals surface area contributed by atoms with Crippen LogP contribution in [-0.4, -0.2) is 31.0 Å². The predicted octanol–water partition coefficient (Wildman–Crippen LogP) is 4.98. The van der Waals surface area contributed by atoms with Gasteiger partial charge in [0.2, 0.25) is 5.91 Å². The van der Waals surface area contributed by atoms with Crippen molar-refractivity contribution >= 4 is 23.2 Å². The topological polar surface area (TPSA) is 79.5 Å². The zero-order chi connectivity index (χ0) is 21.9. The molecule has 1 aliphatic rings. The maximum absolute atomic E-state index is 12.5. The molecule has 0 unspecified atom stereocenters. The summed E-state index contributed by atoms with van der Waals surface area (Å²) >= 11 is 0. The van der Waals surface area contributed by atoms with Crippen LogP contribution in [0.25, 0.3) is 0 Å². The monoisotopic (exact) mass is 423 g/mol. The van der Waals surface area contributed by atoms with Crippen molar-refractivity contribution < 1.29 is 14.3 Å². The first-order valence-electron chi connectivity index (χ1n) is 11.3. The Hall–Kier alpha value is -3.02. The molecule has 2 aromatic carbocycles. The Kier molecular flexibility index (Phi) is 8.76. The van der Waals surface area contributed by atoms with E-state index in [1.165, 1.54) is 19.3 Å². The van der Waals surface area contributed by atoms with Crippen molar-refractivity contribution in [1.29, 1.82) is 0 Å². The molecule has 0 heterocycles. The van der Waals surface area contributed by atoms with E-state index in [9.17, 15) is 9.59 Å². The zero-order valence-corrected chi connectivity index (χ0v) is 18.3. The number of nitrogens with one attached hydrogen (secondary N) is 3. The van der Waals surface area contributed by atoms with Gasteiger partial charge in [-0.2, -0.15) is 0 Å². The fourth-order valence-corrected chi connectivity index (χ4v) is 3.67. The van der Waals surface area contributed by atoms with Crippen molar-refractivity contribution in [3.8, 4) is 5.75 Å². The molecule has 0 saturated heterocycles. The largest absolute Gasteiger partial charge is 0.494 e. The van der Waals surface area contributed by atoms with Crippen LogP contribution in [0.2, 0.25) is 0 Å². The number of anilines is 2. The van der Waals surface area contributed by atoms with Crippen molar-refractivity contribution in [2.75, 3.05) is 23.8 Å². The van der Waals surface area contributed by atoms with Gasteiger partial charge in [-0.3, -0.25) is 9.59 Å². The molecule has 6 nitrogen and oxygen atoms in total. The van der Waals surface area contributed by atoms with Crippen molar-refractivity contribution in [2.24, 2.45) is 0 Å². The van der Waals surface area contributed by atoms with Crippen molar-refractivity contribution in [3.63, 3.8) is 0 Å². The molecule has 0 spiro atoms. The molecule has 0 atom stereocenters. The van der Waals surface area contributed by atoms with Crippen LogP contribution in [0.15, 0.2) is 48.5 Å². The Morgan fingerprint density at radius 1 is 1.00 bits per heavy atom. The van der Waals surface area contributed by atoms with E-state index in [4.69, 9.17) is 4.74 Å². The Balaban J connectivity index is 1.48. The van der Waals surface area contributed by atoms with Crippen LogP contribution in [0.4, 0.5) is 11.4 Å². The van der Waals surface area contributed by atoms with E-state index >= 15 is 0 Å². The summed E-state index contributed by atoms with van der Waals surface area (Å²) in [7, 11) is 0. The number of rotatable bonds is 10. The van der Waals surface area contributed by atoms with E-state index in [2.05, 4.69) is 22.9 Å². The highest BCUT2D eigenvalue weighted by Crippen LogP contribution is 2.19. The third-order valence-corrected chi connectivity index (χ3v) is 5.40. The lowest BCUT2D eigenvalue weighted by Crippen LogP contribution is -2.36. The standard InChI is InChI=1S/C25H33N3O3/c1-2-3-15-31-23-14-8-12-21(17-23)26-18-24(29)27-22-13-7-9-19(16-22)25(30)28-20-10-5-4-6-11-20/h7-9,12-14,16-17,20,26H,2-6,10-11,15,18H2,1H3,(H,27,29)(H,28,30). The number of hydrogen-bond donors (Lipinski definition) is 3. The summed E-state index contributed by atoms with van der Waals surface area (Å²) in [6, 6.07) is 14.9. The molecule has 6 heteroatoms. The van der Waals surface area contributed by atoms with E-state index in [1.54, 1.807) is 24.3 Å². The molecule has 166 valence electrons. The average Bonchev–Trinajstić information content (AvgIpc) is 2.79. The minimum atomic E-state index is -0.179. The van der Waals surface area contributed by atoms with Gasteiger partial charge in [-0.1, -0.05) is 44.7 Å². The van der Waals surface area contributed by atoms with Crippen LogP contribution in [0.5, 0.6) is 5.75 Å². The Labute approximate surface area is 184 Å². The number of hydrogen-bond acceptors (Lipinski definition) is 4. The van der Waals surface area contributed by atoms with Gasteiger partial charge in [0.25, 0.3) is 5.91 Å². The summed E-state index contributed by atoms with van der Waals surface area (Å²) < 4.78 is 5.70. The van der Waals surface area contributed by atoms with Crippen molar-refractivity contribution in [3.05, 3.63) is 54.1 Å². The Morgan fingerprint density at radius 3 is 2.58 bits per heavy atom. The second kappa shape index (κ2) is 12.0. The first kappa shape index (κ1) is 22.7. The lowest BCUT2D eigenvalue weighted by Gasteiger charge is -2.22. The van der Waals surface area contributed by atoms with E-state index < -0.39 is 0 Å². The van der Waals surface area contributed by atoms with Gasteiger partial charge in [0.1, 0.15) is 5.75 Å². The van der Waals surface area contributed by atoms with Gasteiger partial charge in [0.15, 0.2) is 0 Å². The minimum Gasteiger partial charge on any atom is -0.494 e. The van der Waals surface area contributed by atoms with Crippen LogP contribution in [0, 0.1) is 0 Å². The quantitative estimate of drug-likeness (QED) is 0.471. The second-order valence-electron chi connectivity index (χ2n) is 8.02. The SMILES string of the molecule is CCCCOc1cccc(NCC(=O)Nc2cccc(C(=O)NC3CCCCC3)c2)c1. The lowest BCUT2D eigenvalue weighted by molar-refractivity contribution is -0.114. The summed E-state index contributed by atoms with van der Waals surface area (Å²) in [5.74, 6) is 0.527. The van der Waals surface area contributed by atoms with E-state index in [1.807, 2.05) is 24.3 Å². The first-order chi connectivity index (χ1) is 15.1. The summed E-state index contributed by atoms with van der Waals surface area (Å²) in [6.45, 7) is 2.93. The lowest BCUT2D eigenvalue weighted by atomic mass is 9.95. The molecule has 3 rings (SSSR count). The molecule has 3 N–H and O–H groups in total. The fraction of sp³-hybridized carbons (Fsp3) is 0.440. The van der Waals surface area contributed by atoms with Crippen LogP contribution in [0.3, 0.4) is 0 Å². The number of benzene rings is 2. The molecule has 0 bridgehead atoms. The van der Waals surface area contributed by atoms with Crippen LogP contribution < -0.4 is 20.7 Å². The highest BCUT2D eigenvalue weighted by atomic mass is 16.5. The Morgan fingerprint density at radius 2 is 1.77 bits per heavy atom. The van der Waals surface area contributed by atoms with Gasteiger partial charge in [0.05, 0.1) is 13.2 Å². The van der Waals surface area contributed by atoms with Crippen LogP contribution >= 0.6 is 0 Å². The number of amides is 2. The summed E-state index contributed by atoms with van der Waals surface area (Å²) in [4.78, 5) is 24.9. The van der Waals surface area contributed by atoms with Crippen LogP contribution in [0.1, 0.15) is 62.2 Å². The highest BCUT2D eigenvalue weighted by Gasteiger charge is 2.17. The average molecular weight is 424 g/mol. The van der Waals surface area contributed by atoms with Crippen molar-refractivity contribution in [2.45, 2.75) is 57.9 Å². The fourth-order valence-electron chi connectivity index (χ4n) is 3.67. The molecule has 1 fully saturated rings. The van der Waals surface area contributed by atoms with Gasteiger partial charge >= 0.3 is 0 Å². The summed E-state index contributed by atoms with van der Waals surface area (Å²) in [5, 5.41) is 9.08. The van der Waals surface area contributed by atoms with Crippen molar-refractivity contribution in [1.82, 2.24) is 5.32 Å². The van der Waals surface area contributed by atoms with Gasteiger partial charge in [-0.15, -0.1) is 0 Å². The van der Waals surface area contributed by atoms with E-state index in [0.29, 0.717) is 17.9 Å². The number of carbonyl (C=O) groups excluding carboxylic acids is 2. The number of carbonyl (C=O) groups is 2. The number of unbranched alkanes of at least 4 members (excludes halogenated alkanes) is 1. The third-order valence-electron chi connectivity index (χ3n) is 5.40. The normalized spacial score (nSPS) is 14.0. The first-order valence-corrected chi connectivity index (χ1v) is 11.3. The van der Waals surface area contributed by atoms with Gasteiger partial charge < -0.3 is 20.7 Å². The second-order valence-corrected chi connectivity index (χ2v) is 8.02. The Bertz CT molecular complexity index is 863. The smallest absolute Gasteiger partial charge is 0.251 e. The van der Waals surface area contributed by atoms with Crippen LogP contribution in [-0.2, 0) is 4.79 Å². The minimum absolute atomic E-state index is 0.0824. The molecular formula is C25H33N3O3. The molecule has 0 aliphatic heterocycles. The van der Waals surface area contributed by atoms with Gasteiger partial charge in [-0.25, -0.2) is 0 Å². The molecule has 0 radical (unpaired) electrons. The maximum Gasteiger partial charge on any atom is 0.251 e. The van der Waals surface area contributed by atoms with E-state index in [-0.39, 0.29) is 24.4 Å². The summed E-state index contributed by atoms with van der Waals surface area (Å²) in [5.41, 5.74) is 2.00. The number of ether oxygens (including phenoxy) is 1. The van der Waals surface area contributed by atoms with Gasteiger partial charge in [-0.05, 0) is 49.6 Å². The molecule has 1 saturated carbocycles. The molecular weight excluding hydrogens is 390 g/mol. The molecule has 2 amide bonds. The predicted molar refractivity (Wildman–Crippen MR) is 125 cm³/mol. The maximum atomic E-state index is 12.5. The molecule has 31 heavy (non-hydrogen) atoms. The third kappa shape index (κ3) is 7.63. The van der Waals surface area contributed by atoms with E-state index in [0.717, 1.165) is 37.1 Å².